The third kappa shape index (κ3) is 5.66. The lowest BCUT2D eigenvalue weighted by atomic mass is 10.3. The van der Waals surface area contributed by atoms with Gasteiger partial charge in [-0.25, -0.2) is 13.8 Å². The average Bonchev–Trinajstić information content (AvgIpc) is 2.42. The topological polar surface area (TPSA) is 55.4 Å². The molecular weight excluding hydrogens is 268 g/mol. The molecule has 114 valence electrons. The van der Waals surface area contributed by atoms with Crippen molar-refractivity contribution in [1.82, 2.24) is 4.98 Å². The summed E-state index contributed by atoms with van der Waals surface area (Å²) < 4.78 is 37.0. The van der Waals surface area contributed by atoms with Gasteiger partial charge in [0.1, 0.15) is 0 Å². The van der Waals surface area contributed by atoms with E-state index in [2.05, 4.69) is 15.6 Å². The standard InChI is InChI=1S/C13H21F2N3O2/c1-3-16-12-10(14)9-11(15)13(18-12)17-5-4-6-20-8-7-19-2/h9H,3-8H2,1-2H3,(H2,16,17,18). The molecule has 20 heavy (non-hydrogen) atoms. The second kappa shape index (κ2) is 9.44. The molecule has 1 heterocycles. The largest absolute Gasteiger partial charge is 0.382 e. The Morgan fingerprint density at radius 3 is 2.45 bits per heavy atom. The fourth-order valence-electron chi connectivity index (χ4n) is 1.51. The molecule has 0 aliphatic carbocycles. The maximum atomic E-state index is 13.5. The van der Waals surface area contributed by atoms with Crippen molar-refractivity contribution < 1.29 is 18.3 Å². The van der Waals surface area contributed by atoms with Crippen LogP contribution in [-0.4, -0.2) is 45.0 Å². The molecule has 0 aliphatic heterocycles. The Bertz CT molecular complexity index is 405. The van der Waals surface area contributed by atoms with Crippen LogP contribution in [0.5, 0.6) is 0 Å². The molecule has 0 radical (unpaired) electrons. The van der Waals surface area contributed by atoms with Gasteiger partial charge in [0, 0.05) is 32.9 Å². The van der Waals surface area contributed by atoms with E-state index in [1.54, 1.807) is 7.11 Å². The molecule has 0 fully saturated rings. The predicted molar refractivity (Wildman–Crippen MR) is 74.1 cm³/mol. The summed E-state index contributed by atoms with van der Waals surface area (Å²) in [6.45, 7) is 4.45. The summed E-state index contributed by atoms with van der Waals surface area (Å²) in [5.41, 5.74) is 0. The van der Waals surface area contributed by atoms with Gasteiger partial charge in [0.25, 0.3) is 0 Å². The summed E-state index contributed by atoms with van der Waals surface area (Å²) in [6.07, 6.45) is 0.693. The molecule has 0 unspecified atom stereocenters. The molecule has 0 bridgehead atoms. The fourth-order valence-corrected chi connectivity index (χ4v) is 1.51. The molecule has 0 aliphatic rings. The van der Waals surface area contributed by atoms with Gasteiger partial charge in [-0.05, 0) is 13.3 Å². The van der Waals surface area contributed by atoms with Gasteiger partial charge >= 0.3 is 0 Å². The van der Waals surface area contributed by atoms with Crippen molar-refractivity contribution in [3.8, 4) is 0 Å². The minimum Gasteiger partial charge on any atom is -0.382 e. The van der Waals surface area contributed by atoms with Crippen LogP contribution >= 0.6 is 0 Å². The highest BCUT2D eigenvalue weighted by molar-refractivity contribution is 5.47. The van der Waals surface area contributed by atoms with Crippen LogP contribution in [0.25, 0.3) is 0 Å². The second-order valence-electron chi connectivity index (χ2n) is 4.07. The SMILES string of the molecule is CCNc1nc(NCCCOCCOC)c(F)cc1F. The average molecular weight is 289 g/mol. The first-order chi connectivity index (χ1) is 9.69. The molecule has 5 nitrogen and oxygen atoms in total. The third-order valence-corrected chi connectivity index (χ3v) is 2.46. The lowest BCUT2D eigenvalue weighted by Crippen LogP contribution is -2.12. The monoisotopic (exact) mass is 289 g/mol. The Morgan fingerprint density at radius 2 is 1.80 bits per heavy atom. The van der Waals surface area contributed by atoms with Crippen molar-refractivity contribution in [2.45, 2.75) is 13.3 Å². The van der Waals surface area contributed by atoms with Crippen molar-refractivity contribution in [3.63, 3.8) is 0 Å². The summed E-state index contributed by atoms with van der Waals surface area (Å²) in [6, 6.07) is 0.822. The summed E-state index contributed by atoms with van der Waals surface area (Å²) in [7, 11) is 1.61. The van der Waals surface area contributed by atoms with E-state index in [-0.39, 0.29) is 11.6 Å². The quantitative estimate of drug-likeness (QED) is 0.647. The van der Waals surface area contributed by atoms with Crippen molar-refractivity contribution >= 4 is 11.6 Å². The number of hydrogen-bond acceptors (Lipinski definition) is 5. The predicted octanol–water partition coefficient (Wildman–Crippen LogP) is 2.26. The zero-order valence-corrected chi connectivity index (χ0v) is 11.8. The van der Waals surface area contributed by atoms with Gasteiger partial charge in [0.05, 0.1) is 13.2 Å². The van der Waals surface area contributed by atoms with E-state index in [1.165, 1.54) is 0 Å². The number of nitrogens with one attached hydrogen (secondary N) is 2. The summed E-state index contributed by atoms with van der Waals surface area (Å²) in [4.78, 5) is 3.88. The summed E-state index contributed by atoms with van der Waals surface area (Å²) in [5.74, 6) is -1.31. The smallest absolute Gasteiger partial charge is 0.168 e. The molecule has 0 saturated heterocycles. The minimum atomic E-state index is -0.704. The van der Waals surface area contributed by atoms with Crippen LogP contribution in [0.15, 0.2) is 6.07 Å². The molecule has 1 aromatic rings. The molecule has 0 amide bonds. The van der Waals surface area contributed by atoms with Crippen LogP contribution in [0.3, 0.4) is 0 Å². The van der Waals surface area contributed by atoms with Gasteiger partial charge in [-0.3, -0.25) is 0 Å². The zero-order chi connectivity index (χ0) is 14.8. The fraction of sp³-hybridized carbons (Fsp3) is 0.615. The van der Waals surface area contributed by atoms with Crippen LogP contribution in [0.2, 0.25) is 0 Å². The number of rotatable bonds is 10. The van der Waals surface area contributed by atoms with E-state index >= 15 is 0 Å². The molecule has 7 heteroatoms. The lowest BCUT2D eigenvalue weighted by Gasteiger charge is -2.10. The van der Waals surface area contributed by atoms with Gasteiger partial charge in [-0.15, -0.1) is 0 Å². The minimum absolute atomic E-state index is 0.0410. The normalized spacial score (nSPS) is 10.6. The van der Waals surface area contributed by atoms with E-state index in [9.17, 15) is 8.78 Å². The maximum Gasteiger partial charge on any atom is 0.168 e. The van der Waals surface area contributed by atoms with Gasteiger partial charge in [-0.2, -0.15) is 0 Å². The Labute approximate surface area is 117 Å². The van der Waals surface area contributed by atoms with Crippen LogP contribution in [0.4, 0.5) is 20.4 Å². The van der Waals surface area contributed by atoms with Crippen LogP contribution in [0.1, 0.15) is 13.3 Å². The Morgan fingerprint density at radius 1 is 1.10 bits per heavy atom. The van der Waals surface area contributed by atoms with E-state index in [4.69, 9.17) is 9.47 Å². The first-order valence-corrected chi connectivity index (χ1v) is 6.59. The highest BCUT2D eigenvalue weighted by Crippen LogP contribution is 2.18. The number of aromatic nitrogens is 1. The number of pyridine rings is 1. The third-order valence-electron chi connectivity index (χ3n) is 2.46. The van der Waals surface area contributed by atoms with E-state index in [0.717, 1.165) is 6.07 Å². The Balaban J connectivity index is 2.37. The van der Waals surface area contributed by atoms with Gasteiger partial charge in [0.15, 0.2) is 23.3 Å². The molecule has 0 saturated carbocycles. The van der Waals surface area contributed by atoms with Gasteiger partial charge < -0.3 is 20.1 Å². The van der Waals surface area contributed by atoms with Crippen molar-refractivity contribution in [2.75, 3.05) is 50.7 Å². The van der Waals surface area contributed by atoms with E-state index < -0.39 is 11.6 Å². The molecular formula is C13H21F2N3O2. The number of nitrogens with zero attached hydrogens (tertiary/aromatic N) is 1. The first kappa shape index (κ1) is 16.6. The lowest BCUT2D eigenvalue weighted by molar-refractivity contribution is 0.0705. The number of ether oxygens (including phenoxy) is 2. The van der Waals surface area contributed by atoms with Crippen molar-refractivity contribution in [1.29, 1.82) is 0 Å². The van der Waals surface area contributed by atoms with Gasteiger partial charge in [-0.1, -0.05) is 0 Å². The van der Waals surface area contributed by atoms with Crippen molar-refractivity contribution in [2.24, 2.45) is 0 Å². The molecule has 0 atom stereocenters. The molecule has 1 rings (SSSR count). The molecule has 2 N–H and O–H groups in total. The van der Waals surface area contributed by atoms with E-state index in [1.807, 2.05) is 6.92 Å². The summed E-state index contributed by atoms with van der Waals surface area (Å²) >= 11 is 0. The zero-order valence-electron chi connectivity index (χ0n) is 11.8. The van der Waals surface area contributed by atoms with Crippen LogP contribution in [0, 0.1) is 11.6 Å². The number of methoxy groups -OCH3 is 1. The molecule has 1 aromatic heterocycles. The Hall–Kier alpha value is -1.47. The van der Waals surface area contributed by atoms with Crippen LogP contribution in [-0.2, 0) is 9.47 Å². The molecule has 0 spiro atoms. The highest BCUT2D eigenvalue weighted by Gasteiger charge is 2.10. The highest BCUT2D eigenvalue weighted by atomic mass is 19.1. The van der Waals surface area contributed by atoms with Crippen molar-refractivity contribution in [3.05, 3.63) is 17.7 Å². The Kier molecular flexibility index (Phi) is 7.82. The second-order valence-corrected chi connectivity index (χ2v) is 4.07. The van der Waals surface area contributed by atoms with Gasteiger partial charge in [0.2, 0.25) is 0 Å². The first-order valence-electron chi connectivity index (χ1n) is 6.59. The number of anilines is 2. The number of hydrogen-bond donors (Lipinski definition) is 2. The van der Waals surface area contributed by atoms with E-state index in [0.29, 0.717) is 39.3 Å². The number of halogens is 2. The maximum absolute atomic E-state index is 13.5. The van der Waals surface area contributed by atoms with Crippen LogP contribution < -0.4 is 10.6 Å². The molecule has 0 aromatic carbocycles. The summed E-state index contributed by atoms with van der Waals surface area (Å²) in [5, 5.41) is 5.56.